The largest absolute Gasteiger partial charge is 0.388 e. The van der Waals surface area contributed by atoms with E-state index in [2.05, 4.69) is 22.3 Å². The molecule has 18 heavy (non-hydrogen) atoms. The molecule has 0 saturated carbocycles. The van der Waals surface area contributed by atoms with Crippen molar-refractivity contribution >= 4 is 0 Å². The molecule has 0 aliphatic carbocycles. The van der Waals surface area contributed by atoms with Crippen molar-refractivity contribution in [3.63, 3.8) is 0 Å². The minimum atomic E-state index is -0.0884. The highest BCUT2D eigenvalue weighted by Crippen LogP contribution is 2.26. The first-order chi connectivity index (χ1) is 8.83. The van der Waals surface area contributed by atoms with Crippen LogP contribution < -0.4 is 0 Å². The Bertz CT molecular complexity index is 578. The highest BCUT2D eigenvalue weighted by molar-refractivity contribution is 5.58. The van der Waals surface area contributed by atoms with Crippen LogP contribution >= 0.6 is 0 Å². The van der Waals surface area contributed by atoms with E-state index in [4.69, 9.17) is 4.74 Å². The topological polar surface area (TPSA) is 60.2 Å². The number of aliphatic hydroxyl groups is 1. The number of aliphatic hydroxyl groups excluding tert-OH is 1. The van der Waals surface area contributed by atoms with Gasteiger partial charge in [-0.15, -0.1) is 10.2 Å². The van der Waals surface area contributed by atoms with Crippen LogP contribution in [0.25, 0.3) is 11.4 Å². The summed E-state index contributed by atoms with van der Waals surface area (Å²) in [5, 5.41) is 17.4. The number of ether oxygens (including phenoxy) is 1. The van der Waals surface area contributed by atoms with E-state index >= 15 is 0 Å². The normalized spacial score (nSPS) is 13.9. The smallest absolute Gasteiger partial charge is 0.164 e. The number of hydrogen-bond acceptors (Lipinski definition) is 4. The van der Waals surface area contributed by atoms with Crippen LogP contribution in [0.3, 0.4) is 0 Å². The summed E-state index contributed by atoms with van der Waals surface area (Å²) < 4.78 is 7.33. The monoisotopic (exact) mass is 245 g/mol. The van der Waals surface area contributed by atoms with Gasteiger partial charge in [0.25, 0.3) is 0 Å². The van der Waals surface area contributed by atoms with Crippen molar-refractivity contribution in [2.45, 2.75) is 33.3 Å². The summed E-state index contributed by atoms with van der Waals surface area (Å²) in [4.78, 5) is 0. The van der Waals surface area contributed by atoms with Gasteiger partial charge in [-0.3, -0.25) is 0 Å². The number of fused-ring (bicyclic) bond motifs is 1. The Hall–Kier alpha value is -1.72. The molecule has 1 aromatic carbocycles. The molecule has 0 amide bonds. The molecule has 2 heterocycles. The van der Waals surface area contributed by atoms with Gasteiger partial charge in [0.1, 0.15) is 6.61 Å². The van der Waals surface area contributed by atoms with E-state index in [1.165, 1.54) is 11.1 Å². The third kappa shape index (κ3) is 1.72. The van der Waals surface area contributed by atoms with Gasteiger partial charge in [-0.2, -0.15) is 0 Å². The van der Waals surface area contributed by atoms with Gasteiger partial charge < -0.3 is 14.4 Å². The summed E-state index contributed by atoms with van der Waals surface area (Å²) in [5.41, 5.74) is 3.47. The molecule has 5 nitrogen and oxygen atoms in total. The Morgan fingerprint density at radius 1 is 1.28 bits per heavy atom. The predicted molar refractivity (Wildman–Crippen MR) is 65.5 cm³/mol. The molecule has 1 aliphatic rings. The third-order valence-electron chi connectivity index (χ3n) is 3.26. The first-order valence-electron chi connectivity index (χ1n) is 6.06. The molecule has 0 fully saturated rings. The maximum absolute atomic E-state index is 9.22. The molecule has 2 aromatic rings. The van der Waals surface area contributed by atoms with E-state index in [-0.39, 0.29) is 6.61 Å². The second-order valence-corrected chi connectivity index (χ2v) is 4.32. The quantitative estimate of drug-likeness (QED) is 0.890. The second kappa shape index (κ2) is 4.51. The number of rotatable bonds is 3. The van der Waals surface area contributed by atoms with Gasteiger partial charge >= 0.3 is 0 Å². The summed E-state index contributed by atoms with van der Waals surface area (Å²) in [6.45, 7) is 4.03. The first-order valence-corrected chi connectivity index (χ1v) is 6.06. The lowest BCUT2D eigenvalue weighted by molar-refractivity contribution is 0.134. The zero-order valence-electron chi connectivity index (χ0n) is 10.3. The molecule has 0 saturated heterocycles. The fourth-order valence-corrected chi connectivity index (χ4v) is 2.31. The SMILES string of the molecule is CCn1c(CO)nnc1-c1ccc2c(c1)COC2. The van der Waals surface area contributed by atoms with Crippen LogP contribution in [-0.2, 0) is 31.1 Å². The van der Waals surface area contributed by atoms with Crippen LogP contribution in [-0.4, -0.2) is 19.9 Å². The highest BCUT2D eigenvalue weighted by atomic mass is 16.5. The van der Waals surface area contributed by atoms with Crippen molar-refractivity contribution in [1.82, 2.24) is 14.8 Å². The van der Waals surface area contributed by atoms with Crippen molar-refractivity contribution in [2.24, 2.45) is 0 Å². The van der Waals surface area contributed by atoms with E-state index in [0.717, 1.165) is 17.9 Å². The van der Waals surface area contributed by atoms with Crippen molar-refractivity contribution in [1.29, 1.82) is 0 Å². The summed E-state index contributed by atoms with van der Waals surface area (Å²) in [7, 11) is 0. The first kappa shape index (κ1) is 11.4. The van der Waals surface area contributed by atoms with Crippen molar-refractivity contribution in [3.05, 3.63) is 35.2 Å². The number of nitrogens with zero attached hydrogens (tertiary/aromatic N) is 3. The Morgan fingerprint density at radius 3 is 2.89 bits per heavy atom. The van der Waals surface area contributed by atoms with E-state index in [9.17, 15) is 5.11 Å². The van der Waals surface area contributed by atoms with E-state index in [1.54, 1.807) is 0 Å². The zero-order chi connectivity index (χ0) is 12.5. The predicted octanol–water partition coefficient (Wildman–Crippen LogP) is 1.49. The Kier molecular flexibility index (Phi) is 2.85. The van der Waals surface area contributed by atoms with Crippen molar-refractivity contribution in [2.75, 3.05) is 0 Å². The average Bonchev–Trinajstić information content (AvgIpc) is 3.03. The highest BCUT2D eigenvalue weighted by Gasteiger charge is 2.16. The number of benzene rings is 1. The molecule has 1 aromatic heterocycles. The minimum absolute atomic E-state index is 0.0884. The average molecular weight is 245 g/mol. The second-order valence-electron chi connectivity index (χ2n) is 4.32. The van der Waals surface area contributed by atoms with Crippen LogP contribution in [0.15, 0.2) is 18.2 Å². The Balaban J connectivity index is 2.07. The van der Waals surface area contributed by atoms with E-state index < -0.39 is 0 Å². The maximum atomic E-state index is 9.22. The van der Waals surface area contributed by atoms with Crippen molar-refractivity contribution in [3.8, 4) is 11.4 Å². The molecular weight excluding hydrogens is 230 g/mol. The molecule has 0 unspecified atom stereocenters. The lowest BCUT2D eigenvalue weighted by Gasteiger charge is -2.07. The minimum Gasteiger partial charge on any atom is -0.388 e. The maximum Gasteiger partial charge on any atom is 0.164 e. The summed E-state index contributed by atoms with van der Waals surface area (Å²) in [6.07, 6.45) is 0. The molecule has 1 N–H and O–H groups in total. The lowest BCUT2D eigenvalue weighted by atomic mass is 10.1. The molecule has 0 atom stereocenters. The standard InChI is InChI=1S/C13H15N3O2/c1-2-16-12(6-17)14-15-13(16)9-3-4-10-7-18-8-11(10)5-9/h3-5,17H,2,6-8H2,1H3. The van der Waals surface area contributed by atoms with E-state index in [0.29, 0.717) is 19.0 Å². The van der Waals surface area contributed by atoms with Crippen LogP contribution in [0.4, 0.5) is 0 Å². The summed E-state index contributed by atoms with van der Waals surface area (Å²) in [6, 6.07) is 6.20. The number of aromatic nitrogens is 3. The van der Waals surface area contributed by atoms with Crippen molar-refractivity contribution < 1.29 is 9.84 Å². The summed E-state index contributed by atoms with van der Waals surface area (Å²) in [5.74, 6) is 1.40. The summed E-state index contributed by atoms with van der Waals surface area (Å²) >= 11 is 0. The van der Waals surface area contributed by atoms with Gasteiger partial charge in [0.15, 0.2) is 11.6 Å². The molecule has 94 valence electrons. The molecule has 0 radical (unpaired) electrons. The number of hydrogen-bond donors (Lipinski definition) is 1. The van der Waals surface area contributed by atoms with Gasteiger partial charge in [0.05, 0.1) is 13.2 Å². The van der Waals surface area contributed by atoms with Crippen LogP contribution in [0.1, 0.15) is 23.9 Å². The Labute approximate surface area is 105 Å². The van der Waals surface area contributed by atoms with Gasteiger partial charge in [-0.1, -0.05) is 12.1 Å². The third-order valence-corrected chi connectivity index (χ3v) is 3.26. The molecule has 0 spiro atoms. The zero-order valence-corrected chi connectivity index (χ0v) is 10.3. The lowest BCUT2D eigenvalue weighted by Crippen LogP contribution is -2.03. The van der Waals surface area contributed by atoms with Crippen LogP contribution in [0.2, 0.25) is 0 Å². The fourth-order valence-electron chi connectivity index (χ4n) is 2.31. The van der Waals surface area contributed by atoms with E-state index in [1.807, 2.05) is 17.6 Å². The van der Waals surface area contributed by atoms with Gasteiger partial charge in [-0.05, 0) is 24.1 Å². The Morgan fingerprint density at radius 2 is 2.11 bits per heavy atom. The van der Waals surface area contributed by atoms with Gasteiger partial charge in [-0.25, -0.2) is 0 Å². The molecular formula is C13H15N3O2. The van der Waals surface area contributed by atoms with Gasteiger partial charge in [0.2, 0.25) is 0 Å². The van der Waals surface area contributed by atoms with Crippen LogP contribution in [0, 0.1) is 0 Å². The fraction of sp³-hybridized carbons (Fsp3) is 0.385. The molecule has 1 aliphatic heterocycles. The molecule has 3 rings (SSSR count). The van der Waals surface area contributed by atoms with Gasteiger partial charge in [0, 0.05) is 12.1 Å². The van der Waals surface area contributed by atoms with Crippen LogP contribution in [0.5, 0.6) is 0 Å². The molecule has 5 heteroatoms. The molecule has 0 bridgehead atoms.